The van der Waals surface area contributed by atoms with E-state index in [0.717, 1.165) is 24.2 Å². The Kier molecular flexibility index (Phi) is 9.03. The van der Waals surface area contributed by atoms with Crippen molar-refractivity contribution in [2.45, 2.75) is 65.4 Å². The maximum absolute atomic E-state index is 11.7. The van der Waals surface area contributed by atoms with Crippen molar-refractivity contribution < 1.29 is 23.8 Å². The van der Waals surface area contributed by atoms with Crippen molar-refractivity contribution in [3.63, 3.8) is 0 Å². The van der Waals surface area contributed by atoms with Gasteiger partial charge in [-0.05, 0) is 64.7 Å². The molecule has 0 aromatic heterocycles. The summed E-state index contributed by atoms with van der Waals surface area (Å²) in [5, 5.41) is 0. The third-order valence-corrected chi connectivity index (χ3v) is 3.31. The summed E-state index contributed by atoms with van der Waals surface area (Å²) < 4.78 is 15.8. The van der Waals surface area contributed by atoms with E-state index in [9.17, 15) is 9.59 Å². The van der Waals surface area contributed by atoms with E-state index in [1.54, 1.807) is 6.92 Å². The van der Waals surface area contributed by atoms with Gasteiger partial charge in [-0.1, -0.05) is 12.1 Å². The van der Waals surface area contributed by atoms with Crippen molar-refractivity contribution in [2.75, 3.05) is 13.2 Å². The zero-order valence-corrected chi connectivity index (χ0v) is 15.8. The molecule has 0 N–H and O–H groups in total. The van der Waals surface area contributed by atoms with Crippen LogP contribution in [-0.2, 0) is 25.5 Å². The number of aryl methyl sites for hydroxylation is 1. The Hall–Kier alpha value is -2.04. The van der Waals surface area contributed by atoms with Gasteiger partial charge in [0, 0.05) is 12.8 Å². The second-order valence-electron chi connectivity index (χ2n) is 6.84. The molecule has 1 aromatic rings. The van der Waals surface area contributed by atoms with Crippen LogP contribution in [0.2, 0.25) is 0 Å². The van der Waals surface area contributed by atoms with Crippen molar-refractivity contribution in [3.8, 4) is 5.75 Å². The lowest BCUT2D eigenvalue weighted by Gasteiger charge is -2.19. The molecule has 5 heteroatoms. The summed E-state index contributed by atoms with van der Waals surface area (Å²) in [7, 11) is 0. The number of unbranched alkanes of at least 4 members (excludes halogenated alkanes) is 1. The van der Waals surface area contributed by atoms with Crippen LogP contribution in [0.25, 0.3) is 0 Å². The Morgan fingerprint density at radius 1 is 0.960 bits per heavy atom. The van der Waals surface area contributed by atoms with Crippen LogP contribution in [0.1, 0.15) is 58.9 Å². The lowest BCUT2D eigenvalue weighted by Crippen LogP contribution is -2.23. The van der Waals surface area contributed by atoms with E-state index in [1.165, 1.54) is 0 Å². The fourth-order valence-electron chi connectivity index (χ4n) is 2.19. The fourth-order valence-corrected chi connectivity index (χ4v) is 2.19. The molecule has 0 unspecified atom stereocenters. The molecule has 0 heterocycles. The highest BCUT2D eigenvalue weighted by Crippen LogP contribution is 2.15. The van der Waals surface area contributed by atoms with Gasteiger partial charge in [-0.25, -0.2) is 0 Å². The summed E-state index contributed by atoms with van der Waals surface area (Å²) in [5.41, 5.74) is 0.628. The van der Waals surface area contributed by atoms with Gasteiger partial charge < -0.3 is 14.2 Å². The Morgan fingerprint density at radius 3 is 2.24 bits per heavy atom. The molecule has 0 saturated carbocycles. The van der Waals surface area contributed by atoms with Crippen molar-refractivity contribution in [1.82, 2.24) is 0 Å². The highest BCUT2D eigenvalue weighted by atomic mass is 16.6. The standard InChI is InChI=1S/C20H30O5/c1-5-23-18(21)8-6-7-15-24-17-12-9-16(10-13-17)11-14-19(22)25-20(2,3)4/h9-10,12-13H,5-8,11,14-15H2,1-4H3. The molecule has 0 amide bonds. The number of carbonyl (C=O) groups excluding carboxylic acids is 2. The second kappa shape index (κ2) is 10.7. The molecule has 0 spiro atoms. The maximum Gasteiger partial charge on any atom is 0.306 e. The molecule has 5 nitrogen and oxygen atoms in total. The molecular formula is C20H30O5. The Balaban J connectivity index is 2.23. The van der Waals surface area contributed by atoms with Crippen LogP contribution in [0.3, 0.4) is 0 Å². The van der Waals surface area contributed by atoms with E-state index in [4.69, 9.17) is 14.2 Å². The van der Waals surface area contributed by atoms with E-state index in [2.05, 4.69) is 0 Å². The van der Waals surface area contributed by atoms with Gasteiger partial charge in [0.1, 0.15) is 11.4 Å². The van der Waals surface area contributed by atoms with E-state index < -0.39 is 5.60 Å². The minimum absolute atomic E-state index is 0.156. The average Bonchev–Trinajstić information content (AvgIpc) is 2.52. The third-order valence-electron chi connectivity index (χ3n) is 3.31. The number of ether oxygens (including phenoxy) is 3. The number of benzene rings is 1. The van der Waals surface area contributed by atoms with Gasteiger partial charge in [0.15, 0.2) is 0 Å². The molecule has 0 fully saturated rings. The molecule has 0 aliphatic carbocycles. The van der Waals surface area contributed by atoms with Crippen molar-refractivity contribution in [1.29, 1.82) is 0 Å². The van der Waals surface area contributed by atoms with Crippen LogP contribution < -0.4 is 4.74 Å². The van der Waals surface area contributed by atoms with E-state index in [0.29, 0.717) is 32.5 Å². The summed E-state index contributed by atoms with van der Waals surface area (Å²) in [5.74, 6) is 0.448. The number of carbonyl (C=O) groups is 2. The minimum atomic E-state index is -0.442. The Labute approximate surface area is 150 Å². The highest BCUT2D eigenvalue weighted by Gasteiger charge is 2.15. The van der Waals surface area contributed by atoms with Gasteiger partial charge in [-0.3, -0.25) is 9.59 Å². The van der Waals surface area contributed by atoms with Crippen molar-refractivity contribution in [3.05, 3.63) is 29.8 Å². The molecule has 140 valence electrons. The van der Waals surface area contributed by atoms with Crippen LogP contribution in [-0.4, -0.2) is 30.8 Å². The van der Waals surface area contributed by atoms with Crippen LogP contribution in [0.5, 0.6) is 5.75 Å². The minimum Gasteiger partial charge on any atom is -0.494 e. The quantitative estimate of drug-likeness (QED) is 0.470. The summed E-state index contributed by atoms with van der Waals surface area (Å²) in [4.78, 5) is 22.9. The molecule has 0 saturated heterocycles. The van der Waals surface area contributed by atoms with Gasteiger partial charge in [-0.2, -0.15) is 0 Å². The van der Waals surface area contributed by atoms with Crippen LogP contribution >= 0.6 is 0 Å². The molecule has 1 rings (SSSR count). The van der Waals surface area contributed by atoms with Crippen molar-refractivity contribution >= 4 is 11.9 Å². The molecule has 0 aliphatic heterocycles. The van der Waals surface area contributed by atoms with Gasteiger partial charge in [-0.15, -0.1) is 0 Å². The summed E-state index contributed by atoms with van der Waals surface area (Å²) in [6.45, 7) is 8.39. The lowest BCUT2D eigenvalue weighted by atomic mass is 10.1. The van der Waals surface area contributed by atoms with Crippen LogP contribution in [0.15, 0.2) is 24.3 Å². The molecule has 1 aromatic carbocycles. The molecule has 0 radical (unpaired) electrons. The maximum atomic E-state index is 11.7. The first-order valence-electron chi connectivity index (χ1n) is 8.89. The van der Waals surface area contributed by atoms with Gasteiger partial charge in [0.25, 0.3) is 0 Å². The highest BCUT2D eigenvalue weighted by molar-refractivity contribution is 5.70. The summed E-state index contributed by atoms with van der Waals surface area (Å²) in [6, 6.07) is 7.71. The monoisotopic (exact) mass is 350 g/mol. The van der Waals surface area contributed by atoms with Crippen molar-refractivity contribution in [2.24, 2.45) is 0 Å². The fraction of sp³-hybridized carbons (Fsp3) is 0.600. The molecular weight excluding hydrogens is 320 g/mol. The predicted molar refractivity (Wildman–Crippen MR) is 96.6 cm³/mol. The van der Waals surface area contributed by atoms with E-state index in [1.807, 2.05) is 45.0 Å². The zero-order chi connectivity index (χ0) is 18.7. The summed E-state index contributed by atoms with van der Waals surface area (Å²) >= 11 is 0. The molecule has 0 atom stereocenters. The zero-order valence-electron chi connectivity index (χ0n) is 15.8. The Bertz CT molecular complexity index is 528. The topological polar surface area (TPSA) is 61.8 Å². The second-order valence-corrected chi connectivity index (χ2v) is 6.84. The number of hydrogen-bond donors (Lipinski definition) is 0. The first-order chi connectivity index (χ1) is 11.8. The average molecular weight is 350 g/mol. The van der Waals surface area contributed by atoms with Gasteiger partial charge in [0.2, 0.25) is 0 Å². The normalized spacial score (nSPS) is 11.0. The lowest BCUT2D eigenvalue weighted by molar-refractivity contribution is -0.154. The van der Waals surface area contributed by atoms with E-state index in [-0.39, 0.29) is 11.9 Å². The SMILES string of the molecule is CCOC(=O)CCCCOc1ccc(CCC(=O)OC(C)(C)C)cc1. The predicted octanol–water partition coefficient (Wildman–Crippen LogP) is 4.07. The summed E-state index contributed by atoms with van der Waals surface area (Å²) in [6.07, 6.45) is 3.01. The largest absolute Gasteiger partial charge is 0.494 e. The smallest absolute Gasteiger partial charge is 0.306 e. The third kappa shape index (κ3) is 10.4. The first-order valence-corrected chi connectivity index (χ1v) is 8.89. The molecule has 0 aliphatic rings. The van der Waals surface area contributed by atoms with Crippen LogP contribution in [0, 0.1) is 0 Å². The number of rotatable bonds is 10. The van der Waals surface area contributed by atoms with Crippen LogP contribution in [0.4, 0.5) is 0 Å². The Morgan fingerprint density at radius 2 is 1.64 bits per heavy atom. The first kappa shape index (κ1) is 21.0. The molecule has 25 heavy (non-hydrogen) atoms. The number of esters is 2. The molecule has 0 bridgehead atoms. The van der Waals surface area contributed by atoms with E-state index >= 15 is 0 Å². The number of hydrogen-bond acceptors (Lipinski definition) is 5. The van der Waals surface area contributed by atoms with Gasteiger partial charge in [0.05, 0.1) is 13.2 Å². The van der Waals surface area contributed by atoms with Gasteiger partial charge >= 0.3 is 11.9 Å².